The minimum Gasteiger partial charge on any atom is -0.397 e. The van der Waals surface area contributed by atoms with Crippen LogP contribution < -0.4 is 16.5 Å². The molecule has 0 aliphatic heterocycles. The van der Waals surface area contributed by atoms with Crippen LogP contribution in [0.3, 0.4) is 0 Å². The monoisotopic (exact) mass is 243 g/mol. The minimum absolute atomic E-state index is 0.0541. The molecule has 1 amide bonds. The average molecular weight is 243 g/mol. The molecule has 0 saturated heterocycles. The number of anilines is 2. The molecule has 0 spiro atoms. The third-order valence-corrected chi connectivity index (χ3v) is 2.53. The van der Waals surface area contributed by atoms with Gasteiger partial charge in [0.25, 0.3) is 5.91 Å². The molecule has 5 heteroatoms. The molecular formula is C13H13N3O2. The summed E-state index contributed by atoms with van der Waals surface area (Å²) in [6.45, 7) is 1.89. The van der Waals surface area contributed by atoms with Gasteiger partial charge in [0.05, 0.1) is 11.4 Å². The number of carbonyl (C=O) groups is 1. The van der Waals surface area contributed by atoms with Crippen molar-refractivity contribution >= 4 is 17.3 Å². The standard InChI is InChI=1S/C13H13N3O2/c1-8-2-3-10(14)11(6-8)16-13(18)9-7-15-5-4-12(9)17/h2-7H,14H2,1H3,(H,15,17)(H,16,18). The van der Waals surface area contributed by atoms with E-state index >= 15 is 0 Å². The molecule has 0 unspecified atom stereocenters. The normalized spacial score (nSPS) is 10.1. The highest BCUT2D eigenvalue weighted by Crippen LogP contribution is 2.19. The Labute approximate surface area is 104 Å². The Morgan fingerprint density at radius 1 is 1.33 bits per heavy atom. The van der Waals surface area contributed by atoms with E-state index in [1.54, 1.807) is 12.1 Å². The quantitative estimate of drug-likeness (QED) is 0.699. The molecule has 0 radical (unpaired) electrons. The second kappa shape index (κ2) is 4.75. The summed E-state index contributed by atoms with van der Waals surface area (Å²) >= 11 is 0. The van der Waals surface area contributed by atoms with E-state index in [-0.39, 0.29) is 11.0 Å². The largest absolute Gasteiger partial charge is 0.397 e. The summed E-state index contributed by atoms with van der Waals surface area (Å²) < 4.78 is 0. The van der Waals surface area contributed by atoms with Crippen molar-refractivity contribution in [2.24, 2.45) is 0 Å². The molecule has 0 atom stereocenters. The molecular weight excluding hydrogens is 230 g/mol. The average Bonchev–Trinajstić information content (AvgIpc) is 2.34. The fraction of sp³-hybridized carbons (Fsp3) is 0.0769. The molecule has 4 N–H and O–H groups in total. The van der Waals surface area contributed by atoms with Crippen LogP contribution in [-0.4, -0.2) is 10.9 Å². The lowest BCUT2D eigenvalue weighted by atomic mass is 10.2. The number of aromatic amines is 1. The van der Waals surface area contributed by atoms with Gasteiger partial charge in [-0.2, -0.15) is 0 Å². The highest BCUT2D eigenvalue weighted by atomic mass is 16.2. The number of nitrogens with one attached hydrogen (secondary N) is 2. The minimum atomic E-state index is -0.478. The van der Waals surface area contributed by atoms with Crippen molar-refractivity contribution < 1.29 is 4.79 Å². The number of aryl methyl sites for hydroxylation is 1. The molecule has 18 heavy (non-hydrogen) atoms. The lowest BCUT2D eigenvalue weighted by Gasteiger charge is -2.08. The number of aromatic nitrogens is 1. The first-order chi connectivity index (χ1) is 8.58. The molecule has 1 heterocycles. The summed E-state index contributed by atoms with van der Waals surface area (Å²) in [5.74, 6) is -0.478. The summed E-state index contributed by atoms with van der Waals surface area (Å²) in [6, 6.07) is 6.61. The van der Waals surface area contributed by atoms with Gasteiger partial charge in [0.15, 0.2) is 5.43 Å². The number of hydrogen-bond donors (Lipinski definition) is 3. The van der Waals surface area contributed by atoms with Crippen LogP contribution in [0.1, 0.15) is 15.9 Å². The number of H-pyrrole nitrogens is 1. The molecule has 92 valence electrons. The number of nitrogen functional groups attached to an aromatic ring is 1. The maximum absolute atomic E-state index is 11.9. The number of hydrogen-bond acceptors (Lipinski definition) is 3. The Kier molecular flexibility index (Phi) is 3.14. The van der Waals surface area contributed by atoms with Gasteiger partial charge in [-0.15, -0.1) is 0 Å². The van der Waals surface area contributed by atoms with Gasteiger partial charge in [0, 0.05) is 18.5 Å². The Balaban J connectivity index is 2.30. The highest BCUT2D eigenvalue weighted by Gasteiger charge is 2.11. The third kappa shape index (κ3) is 2.40. The van der Waals surface area contributed by atoms with Crippen molar-refractivity contribution in [3.8, 4) is 0 Å². The van der Waals surface area contributed by atoms with Crippen LogP contribution in [0.2, 0.25) is 0 Å². The van der Waals surface area contributed by atoms with E-state index in [1.165, 1.54) is 18.5 Å². The van der Waals surface area contributed by atoms with Crippen molar-refractivity contribution in [2.75, 3.05) is 11.1 Å². The number of amides is 1. The van der Waals surface area contributed by atoms with Crippen LogP contribution in [-0.2, 0) is 0 Å². The van der Waals surface area contributed by atoms with E-state index in [4.69, 9.17) is 5.73 Å². The molecule has 1 aromatic heterocycles. The van der Waals surface area contributed by atoms with E-state index in [0.29, 0.717) is 11.4 Å². The fourth-order valence-electron chi connectivity index (χ4n) is 1.56. The first kappa shape index (κ1) is 11.9. The van der Waals surface area contributed by atoms with Gasteiger partial charge in [-0.3, -0.25) is 9.59 Å². The van der Waals surface area contributed by atoms with Crippen molar-refractivity contribution in [3.05, 3.63) is 58.0 Å². The second-order valence-corrected chi connectivity index (χ2v) is 3.97. The van der Waals surface area contributed by atoms with Crippen molar-refractivity contribution in [2.45, 2.75) is 6.92 Å². The Morgan fingerprint density at radius 2 is 2.11 bits per heavy atom. The molecule has 2 aromatic rings. The van der Waals surface area contributed by atoms with Gasteiger partial charge in [-0.25, -0.2) is 0 Å². The van der Waals surface area contributed by atoms with Crippen LogP contribution in [0.15, 0.2) is 41.5 Å². The van der Waals surface area contributed by atoms with E-state index in [2.05, 4.69) is 10.3 Å². The summed E-state index contributed by atoms with van der Waals surface area (Å²) in [5, 5.41) is 2.62. The number of benzene rings is 1. The lowest BCUT2D eigenvalue weighted by molar-refractivity contribution is 0.102. The second-order valence-electron chi connectivity index (χ2n) is 3.97. The summed E-state index contributed by atoms with van der Waals surface area (Å²) in [4.78, 5) is 26.1. The van der Waals surface area contributed by atoms with Gasteiger partial charge in [0.2, 0.25) is 0 Å². The molecule has 0 bridgehead atoms. The molecule has 1 aromatic carbocycles. The molecule has 0 saturated carbocycles. The zero-order valence-electron chi connectivity index (χ0n) is 9.86. The zero-order valence-corrected chi connectivity index (χ0v) is 9.86. The van der Waals surface area contributed by atoms with Crippen LogP contribution in [0, 0.1) is 6.92 Å². The predicted molar refractivity (Wildman–Crippen MR) is 70.6 cm³/mol. The van der Waals surface area contributed by atoms with Crippen molar-refractivity contribution in [1.82, 2.24) is 4.98 Å². The third-order valence-electron chi connectivity index (χ3n) is 2.53. The van der Waals surface area contributed by atoms with Crippen molar-refractivity contribution in [3.63, 3.8) is 0 Å². The van der Waals surface area contributed by atoms with Gasteiger partial charge in [-0.1, -0.05) is 6.07 Å². The topological polar surface area (TPSA) is 88.0 Å². The van der Waals surface area contributed by atoms with Crippen LogP contribution in [0.4, 0.5) is 11.4 Å². The van der Waals surface area contributed by atoms with Gasteiger partial charge < -0.3 is 16.0 Å². The van der Waals surface area contributed by atoms with E-state index < -0.39 is 5.91 Å². The number of carbonyl (C=O) groups excluding carboxylic acids is 1. The van der Waals surface area contributed by atoms with Crippen LogP contribution in [0.5, 0.6) is 0 Å². The van der Waals surface area contributed by atoms with Gasteiger partial charge in [0.1, 0.15) is 5.56 Å². The smallest absolute Gasteiger partial charge is 0.261 e. The van der Waals surface area contributed by atoms with Crippen LogP contribution in [0.25, 0.3) is 0 Å². The Bertz CT molecular complexity index is 647. The summed E-state index contributed by atoms with van der Waals surface area (Å²) in [5.41, 5.74) is 7.41. The van der Waals surface area contributed by atoms with E-state index in [0.717, 1.165) is 5.56 Å². The molecule has 5 nitrogen and oxygen atoms in total. The van der Waals surface area contributed by atoms with E-state index in [9.17, 15) is 9.59 Å². The Morgan fingerprint density at radius 3 is 2.83 bits per heavy atom. The molecule has 0 aliphatic carbocycles. The number of rotatable bonds is 2. The first-order valence-corrected chi connectivity index (χ1v) is 5.42. The van der Waals surface area contributed by atoms with Gasteiger partial charge in [-0.05, 0) is 24.6 Å². The van der Waals surface area contributed by atoms with E-state index in [1.807, 2.05) is 13.0 Å². The zero-order chi connectivity index (χ0) is 13.1. The number of pyridine rings is 1. The Hall–Kier alpha value is -2.56. The summed E-state index contributed by atoms with van der Waals surface area (Å²) in [6.07, 6.45) is 2.84. The maximum Gasteiger partial charge on any atom is 0.261 e. The SMILES string of the molecule is Cc1ccc(N)c(NC(=O)c2c[nH]ccc2=O)c1. The molecule has 0 aliphatic rings. The lowest BCUT2D eigenvalue weighted by Crippen LogP contribution is -2.21. The molecule has 2 rings (SSSR count). The maximum atomic E-state index is 11.9. The highest BCUT2D eigenvalue weighted by molar-refractivity contribution is 6.05. The van der Waals surface area contributed by atoms with Gasteiger partial charge >= 0.3 is 0 Å². The first-order valence-electron chi connectivity index (χ1n) is 5.42. The fourth-order valence-corrected chi connectivity index (χ4v) is 1.56. The molecule has 0 fully saturated rings. The van der Waals surface area contributed by atoms with Crippen molar-refractivity contribution in [1.29, 1.82) is 0 Å². The van der Waals surface area contributed by atoms with Crippen LogP contribution >= 0.6 is 0 Å². The summed E-state index contributed by atoms with van der Waals surface area (Å²) in [7, 11) is 0. The number of nitrogens with two attached hydrogens (primary N) is 1. The predicted octanol–water partition coefficient (Wildman–Crippen LogP) is 1.52.